The molecule has 0 saturated carbocycles. The van der Waals surface area contributed by atoms with Gasteiger partial charge in [0.05, 0.1) is 28.4 Å². The summed E-state index contributed by atoms with van der Waals surface area (Å²) in [5, 5.41) is 0. The number of nitrogens with zero attached hydrogens (tertiary/aromatic N) is 2. The van der Waals surface area contributed by atoms with Crippen molar-refractivity contribution in [2.24, 2.45) is 0 Å². The predicted molar refractivity (Wildman–Crippen MR) is 112 cm³/mol. The van der Waals surface area contributed by atoms with Crippen LogP contribution >= 0.6 is 0 Å². The van der Waals surface area contributed by atoms with E-state index < -0.39 is 0 Å². The van der Waals surface area contributed by atoms with Gasteiger partial charge in [-0.05, 0) is 28.2 Å². The second kappa shape index (κ2) is 21.0. The molecule has 0 radical (unpaired) electrons. The number of halogens is 2. The molecule has 0 spiro atoms. The molecule has 2 aromatic rings. The Bertz CT molecular complexity index is 633. The zero-order valence-electron chi connectivity index (χ0n) is 19.6. The summed E-state index contributed by atoms with van der Waals surface area (Å²) < 4.78 is 20.6. The van der Waals surface area contributed by atoms with E-state index >= 15 is 0 Å². The van der Waals surface area contributed by atoms with Crippen molar-refractivity contribution in [1.82, 2.24) is 9.80 Å². The van der Waals surface area contributed by atoms with Crippen LogP contribution in [-0.2, 0) is 53.9 Å². The number of methoxy groups -OCH3 is 4. The second-order valence-electron chi connectivity index (χ2n) is 6.70. The number of hydrogen-bond acceptors (Lipinski definition) is 6. The Morgan fingerprint density at radius 1 is 0.594 bits per heavy atom. The third-order valence-corrected chi connectivity index (χ3v) is 3.63. The molecule has 0 aliphatic rings. The maximum absolute atomic E-state index is 5.16. The Labute approximate surface area is 233 Å². The molecule has 0 N–H and O–H groups in total. The SMILES string of the molecule is COc1[c-]c(CN(C)C)cc(OC)c1.COc1[c-]c(CN(C)C)cc(OC)c1.[Cl-].[Cl-].[Pd+2].[Pd+2]. The van der Waals surface area contributed by atoms with E-state index in [1.807, 2.05) is 52.5 Å². The van der Waals surface area contributed by atoms with Gasteiger partial charge < -0.3 is 53.6 Å². The summed E-state index contributed by atoms with van der Waals surface area (Å²) in [6, 6.07) is 13.9. The first-order chi connectivity index (χ1) is 13.3. The fourth-order valence-electron chi connectivity index (χ4n) is 2.45. The average molecular weight is 672 g/mol. The Morgan fingerprint density at radius 2 is 0.906 bits per heavy atom. The Hall–Kier alpha value is -0.535. The molecule has 188 valence electrons. The van der Waals surface area contributed by atoms with Crippen molar-refractivity contribution in [2.45, 2.75) is 13.1 Å². The Kier molecular flexibility index (Phi) is 25.4. The van der Waals surface area contributed by atoms with Crippen LogP contribution in [0.3, 0.4) is 0 Å². The van der Waals surface area contributed by atoms with E-state index in [4.69, 9.17) is 18.9 Å². The van der Waals surface area contributed by atoms with Crippen molar-refractivity contribution >= 4 is 0 Å². The molecule has 2 rings (SSSR count). The molecular formula is C22H32Cl2N2O4Pd2. The monoisotopic (exact) mass is 670 g/mol. The quantitative estimate of drug-likeness (QED) is 0.222. The van der Waals surface area contributed by atoms with E-state index in [9.17, 15) is 0 Å². The minimum absolute atomic E-state index is 0. The number of ether oxygens (including phenoxy) is 4. The summed E-state index contributed by atoms with van der Waals surface area (Å²) in [6.07, 6.45) is 0. The van der Waals surface area contributed by atoms with Crippen LogP contribution in [0.1, 0.15) is 11.1 Å². The van der Waals surface area contributed by atoms with Gasteiger partial charge in [-0.3, -0.25) is 0 Å². The molecule has 0 heterocycles. The minimum atomic E-state index is 0. The fraction of sp³-hybridized carbons (Fsp3) is 0.455. The van der Waals surface area contributed by atoms with Crippen LogP contribution in [0, 0.1) is 12.1 Å². The van der Waals surface area contributed by atoms with Crippen LogP contribution in [0.2, 0.25) is 0 Å². The summed E-state index contributed by atoms with van der Waals surface area (Å²) in [5.41, 5.74) is 2.12. The molecular weight excluding hydrogens is 640 g/mol. The molecule has 0 aliphatic carbocycles. The molecule has 0 aromatic heterocycles. The summed E-state index contributed by atoms with van der Waals surface area (Å²) in [6.45, 7) is 1.65. The molecule has 0 fully saturated rings. The van der Waals surface area contributed by atoms with Gasteiger partial charge in [0, 0.05) is 36.1 Å². The second-order valence-corrected chi connectivity index (χ2v) is 6.70. The van der Waals surface area contributed by atoms with Gasteiger partial charge in [0.25, 0.3) is 0 Å². The minimum Gasteiger partial charge on any atom is -1.00 e. The normalized spacial score (nSPS) is 9.06. The third kappa shape index (κ3) is 15.3. The van der Waals surface area contributed by atoms with Gasteiger partial charge >= 0.3 is 40.8 Å². The first-order valence-corrected chi connectivity index (χ1v) is 8.89. The zero-order valence-corrected chi connectivity index (χ0v) is 24.3. The van der Waals surface area contributed by atoms with E-state index in [0.29, 0.717) is 11.5 Å². The van der Waals surface area contributed by atoms with E-state index in [-0.39, 0.29) is 65.7 Å². The third-order valence-electron chi connectivity index (χ3n) is 3.63. The predicted octanol–water partition coefficient (Wildman–Crippen LogP) is -2.87. The fourth-order valence-corrected chi connectivity index (χ4v) is 2.45. The molecule has 0 aliphatic heterocycles. The average Bonchev–Trinajstić information content (AvgIpc) is 2.66. The van der Waals surface area contributed by atoms with E-state index in [0.717, 1.165) is 35.7 Å². The molecule has 10 heteroatoms. The van der Waals surface area contributed by atoms with E-state index in [1.165, 1.54) is 0 Å². The molecule has 6 nitrogen and oxygen atoms in total. The van der Waals surface area contributed by atoms with Crippen molar-refractivity contribution in [3.8, 4) is 23.0 Å². The van der Waals surface area contributed by atoms with Crippen LogP contribution in [-0.4, -0.2) is 66.4 Å². The van der Waals surface area contributed by atoms with Crippen molar-refractivity contribution in [1.29, 1.82) is 0 Å². The van der Waals surface area contributed by atoms with Gasteiger partial charge in [-0.15, -0.1) is 35.4 Å². The maximum Gasteiger partial charge on any atom is 2.00 e. The van der Waals surface area contributed by atoms with Crippen molar-refractivity contribution in [3.63, 3.8) is 0 Å². The van der Waals surface area contributed by atoms with Crippen LogP contribution in [0.25, 0.3) is 0 Å². The van der Waals surface area contributed by atoms with Gasteiger partial charge in [0.15, 0.2) is 0 Å². The van der Waals surface area contributed by atoms with Gasteiger partial charge in [0.2, 0.25) is 0 Å². The van der Waals surface area contributed by atoms with Gasteiger partial charge in [-0.25, -0.2) is 0 Å². The van der Waals surface area contributed by atoms with Crippen LogP contribution in [0.15, 0.2) is 24.3 Å². The summed E-state index contributed by atoms with van der Waals surface area (Å²) in [5.74, 6) is 3.03. The summed E-state index contributed by atoms with van der Waals surface area (Å²) in [4.78, 5) is 4.15. The van der Waals surface area contributed by atoms with Crippen molar-refractivity contribution in [2.75, 3.05) is 56.6 Å². The summed E-state index contributed by atoms with van der Waals surface area (Å²) in [7, 11) is 14.6. The molecule has 32 heavy (non-hydrogen) atoms. The number of hydrogen-bond donors (Lipinski definition) is 0. The molecule has 0 unspecified atom stereocenters. The standard InChI is InChI=1S/2C11H16NO2.2ClH.2Pd/c2*1-12(2)8-9-5-10(13-3)7-11(6-9)14-4;;;;/h2*5,7H,8H2,1-4H3;2*1H;;/q2*-1;;;2*+2/p-2. The topological polar surface area (TPSA) is 43.4 Å². The smallest absolute Gasteiger partial charge is 1.00 e. The Morgan fingerprint density at radius 3 is 1.12 bits per heavy atom. The van der Waals surface area contributed by atoms with Crippen LogP contribution in [0.5, 0.6) is 23.0 Å². The Balaban J connectivity index is -0.000000218. The molecule has 0 amide bonds. The zero-order chi connectivity index (χ0) is 21.1. The molecule has 0 atom stereocenters. The number of rotatable bonds is 8. The first-order valence-electron chi connectivity index (χ1n) is 8.89. The maximum atomic E-state index is 5.16. The number of benzene rings is 2. The molecule has 0 bridgehead atoms. The molecule has 2 aromatic carbocycles. The van der Waals surface area contributed by atoms with Gasteiger partial charge in [0.1, 0.15) is 0 Å². The van der Waals surface area contributed by atoms with E-state index in [1.54, 1.807) is 28.4 Å². The van der Waals surface area contributed by atoms with Crippen molar-refractivity contribution in [3.05, 3.63) is 47.5 Å². The van der Waals surface area contributed by atoms with Gasteiger partial charge in [-0.2, -0.15) is 0 Å². The largest absolute Gasteiger partial charge is 2.00 e. The first kappa shape index (κ1) is 38.7. The van der Waals surface area contributed by atoms with Gasteiger partial charge in [-0.1, -0.05) is 12.1 Å². The summed E-state index contributed by atoms with van der Waals surface area (Å²) >= 11 is 0. The van der Waals surface area contributed by atoms with Crippen molar-refractivity contribution < 1.29 is 84.6 Å². The van der Waals surface area contributed by atoms with Crippen LogP contribution < -0.4 is 43.8 Å². The molecule has 0 saturated heterocycles. The van der Waals surface area contributed by atoms with E-state index in [2.05, 4.69) is 21.9 Å². The van der Waals surface area contributed by atoms with Crippen LogP contribution in [0.4, 0.5) is 0 Å².